The summed E-state index contributed by atoms with van der Waals surface area (Å²) in [5.74, 6) is 11.4. The smallest absolute Gasteiger partial charge is 0.227 e. The molecule has 1 heterocycles. The zero-order valence-corrected chi connectivity index (χ0v) is 20.3. The normalized spacial score (nSPS) is 17.5. The minimum Gasteiger partial charge on any atom is -0.506 e. The van der Waals surface area contributed by atoms with Gasteiger partial charge in [-0.2, -0.15) is 10.4 Å². The number of rotatable bonds is 9. The Morgan fingerprint density at radius 1 is 1.29 bits per heavy atom. The molecule has 1 aliphatic heterocycles. The fourth-order valence-corrected chi connectivity index (χ4v) is 4.57. The quantitative estimate of drug-likeness (QED) is 0.215. The lowest BCUT2D eigenvalue weighted by Gasteiger charge is -2.37. The van der Waals surface area contributed by atoms with Crippen molar-refractivity contribution < 1.29 is 9.90 Å². The maximum absolute atomic E-state index is 12.9. The van der Waals surface area contributed by atoms with E-state index in [4.69, 9.17) is 11.7 Å². The second-order valence-corrected chi connectivity index (χ2v) is 8.85. The maximum atomic E-state index is 12.9. The number of carbonyl (C=O) groups excluding carboxylic acids is 1. The number of allylic oxidation sites excluding steroid dienone is 4. The molecule has 2 aliphatic rings. The molecule has 1 fully saturated rings. The molecule has 1 unspecified atom stereocenters. The van der Waals surface area contributed by atoms with Gasteiger partial charge < -0.3 is 15.8 Å². The number of piperazine rings is 1. The van der Waals surface area contributed by atoms with E-state index in [0.717, 1.165) is 49.3 Å². The number of carbonyl (C=O) groups is 1. The van der Waals surface area contributed by atoms with Crippen LogP contribution in [0.5, 0.6) is 5.75 Å². The van der Waals surface area contributed by atoms with Crippen LogP contribution in [-0.4, -0.2) is 64.9 Å². The molecule has 1 aliphatic carbocycles. The van der Waals surface area contributed by atoms with Crippen molar-refractivity contribution in [2.75, 3.05) is 32.7 Å². The molecule has 1 aromatic rings. The van der Waals surface area contributed by atoms with Crippen LogP contribution < -0.4 is 11.7 Å². The molecule has 0 spiro atoms. The van der Waals surface area contributed by atoms with Gasteiger partial charge in [-0.1, -0.05) is 43.7 Å². The second kappa shape index (κ2) is 12.7. The highest BCUT2D eigenvalue weighted by Crippen LogP contribution is 2.32. The molecule has 9 heteroatoms. The topological polar surface area (TPSA) is 135 Å². The molecule has 0 bridgehead atoms. The zero-order valence-electron chi connectivity index (χ0n) is 20.3. The predicted molar refractivity (Wildman–Crippen MR) is 137 cm³/mol. The lowest BCUT2D eigenvalue weighted by atomic mass is 9.91. The molecule has 186 valence electrons. The van der Waals surface area contributed by atoms with Crippen molar-refractivity contribution in [3.63, 3.8) is 0 Å². The number of phenolic OH excluding ortho intramolecular Hbond substituents is 1. The van der Waals surface area contributed by atoms with E-state index >= 15 is 0 Å². The number of hydrogen-bond donors (Lipinski definition) is 3. The minimum absolute atomic E-state index is 0.0951. The average Bonchev–Trinajstić information content (AvgIpc) is 3.10. The standard InChI is InChI=1S/C26H35N7O2/c1-2-5-22(24-9-4-7-21(17-27)26(24)35)18-31-12-14-32(15-13-31)25(34)16-20-6-3-8-23(11-10-20)33(29)19-30-28/h4,6-11,19,22,35H,2-3,5,12-16,18,28-29H2,1H3/b30-19-. The first kappa shape index (κ1) is 26.0. The Kier molecular flexibility index (Phi) is 9.47. The van der Waals surface area contributed by atoms with Crippen LogP contribution in [0.15, 0.2) is 58.9 Å². The number of para-hydroxylation sites is 1. The summed E-state index contributed by atoms with van der Waals surface area (Å²) >= 11 is 0. The van der Waals surface area contributed by atoms with Gasteiger partial charge in [0.15, 0.2) is 0 Å². The van der Waals surface area contributed by atoms with Gasteiger partial charge in [0.2, 0.25) is 5.91 Å². The van der Waals surface area contributed by atoms with Crippen LogP contribution in [0.3, 0.4) is 0 Å². The highest BCUT2D eigenvalue weighted by atomic mass is 16.3. The Labute approximate surface area is 207 Å². The van der Waals surface area contributed by atoms with Crippen LogP contribution in [0, 0.1) is 11.3 Å². The number of aromatic hydroxyl groups is 1. The minimum atomic E-state index is 0.0951. The Balaban J connectivity index is 1.54. The summed E-state index contributed by atoms with van der Waals surface area (Å²) in [7, 11) is 0. The second-order valence-electron chi connectivity index (χ2n) is 8.85. The fraction of sp³-hybridized carbons (Fsp3) is 0.423. The van der Waals surface area contributed by atoms with Crippen LogP contribution in [0.4, 0.5) is 0 Å². The molecule has 35 heavy (non-hydrogen) atoms. The molecular weight excluding hydrogens is 442 g/mol. The fourth-order valence-electron chi connectivity index (χ4n) is 4.57. The van der Waals surface area contributed by atoms with Gasteiger partial charge in [-0.05, 0) is 36.1 Å². The maximum Gasteiger partial charge on any atom is 0.227 e. The summed E-state index contributed by atoms with van der Waals surface area (Å²) in [5.41, 5.74) is 2.87. The summed E-state index contributed by atoms with van der Waals surface area (Å²) in [6.07, 6.45) is 12.0. The van der Waals surface area contributed by atoms with Crippen LogP contribution in [0.25, 0.3) is 0 Å². The summed E-state index contributed by atoms with van der Waals surface area (Å²) in [4.78, 5) is 17.2. The number of benzene rings is 1. The summed E-state index contributed by atoms with van der Waals surface area (Å²) in [5, 5.41) is 24.6. The number of amides is 1. The van der Waals surface area contributed by atoms with E-state index in [9.17, 15) is 15.2 Å². The van der Waals surface area contributed by atoms with Crippen LogP contribution in [-0.2, 0) is 4.79 Å². The highest BCUT2D eigenvalue weighted by molar-refractivity contribution is 5.79. The number of phenols is 1. The molecule has 1 aromatic carbocycles. The van der Waals surface area contributed by atoms with E-state index in [1.807, 2.05) is 41.3 Å². The molecule has 0 saturated carbocycles. The lowest BCUT2D eigenvalue weighted by molar-refractivity contribution is -0.132. The molecule has 1 atom stereocenters. The van der Waals surface area contributed by atoms with E-state index in [-0.39, 0.29) is 17.6 Å². The van der Waals surface area contributed by atoms with E-state index in [0.29, 0.717) is 31.5 Å². The first-order valence-corrected chi connectivity index (χ1v) is 12.0. The molecule has 0 aromatic heterocycles. The van der Waals surface area contributed by atoms with E-state index in [1.165, 1.54) is 11.3 Å². The van der Waals surface area contributed by atoms with Crippen LogP contribution in [0.2, 0.25) is 0 Å². The Bertz CT molecular complexity index is 1050. The van der Waals surface area contributed by atoms with Crippen LogP contribution >= 0.6 is 0 Å². The third-order valence-electron chi connectivity index (χ3n) is 6.49. The molecular formula is C26H35N7O2. The van der Waals surface area contributed by atoms with Crippen molar-refractivity contribution >= 4 is 12.2 Å². The predicted octanol–water partition coefficient (Wildman–Crippen LogP) is 2.53. The number of hydrogen-bond acceptors (Lipinski definition) is 7. The third-order valence-corrected chi connectivity index (χ3v) is 6.49. The van der Waals surface area contributed by atoms with Crippen molar-refractivity contribution in [1.82, 2.24) is 14.8 Å². The first-order valence-electron chi connectivity index (χ1n) is 12.0. The van der Waals surface area contributed by atoms with E-state index in [1.54, 1.807) is 6.07 Å². The lowest BCUT2D eigenvalue weighted by Crippen LogP contribution is -2.49. The first-order chi connectivity index (χ1) is 17.0. The van der Waals surface area contributed by atoms with Gasteiger partial charge in [-0.25, -0.2) is 5.84 Å². The zero-order chi connectivity index (χ0) is 25.2. The van der Waals surface area contributed by atoms with Gasteiger partial charge in [0.25, 0.3) is 0 Å². The Hall–Kier alpha value is -3.61. The van der Waals surface area contributed by atoms with Crippen molar-refractivity contribution in [2.45, 2.75) is 38.5 Å². The molecule has 3 rings (SSSR count). The molecule has 1 saturated heterocycles. The summed E-state index contributed by atoms with van der Waals surface area (Å²) in [6.45, 7) is 5.83. The van der Waals surface area contributed by atoms with Crippen molar-refractivity contribution in [3.05, 3.63) is 64.9 Å². The number of hydrazone groups is 1. The van der Waals surface area contributed by atoms with Crippen molar-refractivity contribution in [3.8, 4) is 11.8 Å². The number of nitriles is 1. The van der Waals surface area contributed by atoms with Crippen LogP contribution in [0.1, 0.15) is 49.7 Å². The van der Waals surface area contributed by atoms with Gasteiger partial charge in [-0.3, -0.25) is 14.7 Å². The van der Waals surface area contributed by atoms with Gasteiger partial charge in [0.05, 0.1) is 17.7 Å². The Morgan fingerprint density at radius 3 is 2.74 bits per heavy atom. The number of nitrogens with two attached hydrogens (primary N) is 2. The molecule has 1 amide bonds. The monoisotopic (exact) mass is 477 g/mol. The summed E-state index contributed by atoms with van der Waals surface area (Å²) < 4.78 is 0. The summed E-state index contributed by atoms with van der Waals surface area (Å²) in [6, 6.07) is 7.45. The van der Waals surface area contributed by atoms with Crippen molar-refractivity contribution in [2.24, 2.45) is 16.8 Å². The van der Waals surface area contributed by atoms with Gasteiger partial charge >= 0.3 is 0 Å². The van der Waals surface area contributed by atoms with Gasteiger partial charge in [-0.15, -0.1) is 0 Å². The highest BCUT2D eigenvalue weighted by Gasteiger charge is 2.25. The van der Waals surface area contributed by atoms with E-state index < -0.39 is 0 Å². The largest absolute Gasteiger partial charge is 0.506 e. The van der Waals surface area contributed by atoms with Gasteiger partial charge in [0.1, 0.15) is 18.2 Å². The number of nitrogens with zero attached hydrogens (tertiary/aromatic N) is 5. The van der Waals surface area contributed by atoms with Crippen molar-refractivity contribution in [1.29, 1.82) is 5.26 Å². The Morgan fingerprint density at radius 2 is 2.06 bits per heavy atom. The molecule has 5 N–H and O–H groups in total. The number of hydrazine groups is 1. The third kappa shape index (κ3) is 6.94. The SMILES string of the molecule is CCCC(CN1CCN(C(=O)CC2=CCC=C(N(N)/C=N\N)C=C2)CC1)c1cccc(C#N)c1O. The molecule has 0 radical (unpaired) electrons. The van der Waals surface area contributed by atoms with E-state index in [2.05, 4.69) is 23.0 Å². The van der Waals surface area contributed by atoms with Gasteiger partial charge in [0, 0.05) is 38.6 Å². The average molecular weight is 478 g/mol. The molecule has 9 nitrogen and oxygen atoms in total.